The second kappa shape index (κ2) is 6.32. The Bertz CT molecular complexity index is 405. The van der Waals surface area contributed by atoms with Gasteiger partial charge in [-0.25, -0.2) is 0 Å². The van der Waals surface area contributed by atoms with Crippen molar-refractivity contribution in [2.24, 2.45) is 5.41 Å². The van der Waals surface area contributed by atoms with Crippen LogP contribution in [0.3, 0.4) is 0 Å². The Labute approximate surface area is 104 Å². The standard InChI is InChI=1S/C15H20O2/c1-15(2,3)10-12-17-14-9-5-4-7-13(14)8-6-11-16/h4-5,7,9,16H,10-12H2,1-3H3. The molecule has 0 atom stereocenters. The van der Waals surface area contributed by atoms with Crippen LogP contribution in [0.1, 0.15) is 32.8 Å². The first-order valence-electron chi connectivity index (χ1n) is 5.84. The molecule has 0 aliphatic rings. The lowest BCUT2D eigenvalue weighted by atomic mass is 9.93. The number of ether oxygens (including phenoxy) is 1. The average Bonchev–Trinajstić information content (AvgIpc) is 2.26. The predicted octanol–water partition coefficient (Wildman–Crippen LogP) is 2.85. The Morgan fingerprint density at radius 2 is 1.94 bits per heavy atom. The summed E-state index contributed by atoms with van der Waals surface area (Å²) in [5.41, 5.74) is 1.10. The lowest BCUT2D eigenvalue weighted by molar-refractivity contribution is 0.242. The molecular formula is C15H20O2. The van der Waals surface area contributed by atoms with Crippen molar-refractivity contribution in [2.75, 3.05) is 13.2 Å². The highest BCUT2D eigenvalue weighted by Crippen LogP contribution is 2.21. The molecular weight excluding hydrogens is 212 g/mol. The van der Waals surface area contributed by atoms with Crippen LogP contribution in [0.25, 0.3) is 0 Å². The van der Waals surface area contributed by atoms with Crippen LogP contribution in [0.15, 0.2) is 24.3 Å². The molecule has 0 spiro atoms. The minimum Gasteiger partial charge on any atom is -0.492 e. The van der Waals surface area contributed by atoms with Crippen molar-refractivity contribution < 1.29 is 9.84 Å². The lowest BCUT2D eigenvalue weighted by Gasteiger charge is -2.18. The Morgan fingerprint density at radius 3 is 2.59 bits per heavy atom. The Morgan fingerprint density at radius 1 is 1.24 bits per heavy atom. The molecule has 92 valence electrons. The SMILES string of the molecule is CC(C)(C)CCOc1ccccc1C#CCO. The van der Waals surface area contributed by atoms with E-state index in [-0.39, 0.29) is 12.0 Å². The van der Waals surface area contributed by atoms with E-state index < -0.39 is 0 Å². The van der Waals surface area contributed by atoms with Gasteiger partial charge in [0.15, 0.2) is 0 Å². The molecule has 1 N–H and O–H groups in total. The van der Waals surface area contributed by atoms with Crippen LogP contribution >= 0.6 is 0 Å². The van der Waals surface area contributed by atoms with E-state index in [9.17, 15) is 0 Å². The normalized spacial score (nSPS) is 10.6. The van der Waals surface area contributed by atoms with E-state index in [1.807, 2.05) is 24.3 Å². The first-order chi connectivity index (χ1) is 8.03. The molecule has 0 heterocycles. The summed E-state index contributed by atoms with van der Waals surface area (Å²) in [6.45, 7) is 7.12. The van der Waals surface area contributed by atoms with Crippen LogP contribution in [0.4, 0.5) is 0 Å². The third kappa shape index (κ3) is 5.42. The maximum atomic E-state index is 8.69. The number of rotatable bonds is 3. The van der Waals surface area contributed by atoms with Gasteiger partial charge in [0.05, 0.1) is 12.2 Å². The minimum atomic E-state index is -0.129. The summed E-state index contributed by atoms with van der Waals surface area (Å²) in [7, 11) is 0. The molecule has 0 saturated heterocycles. The largest absolute Gasteiger partial charge is 0.492 e. The van der Waals surface area contributed by atoms with Gasteiger partial charge in [0, 0.05) is 0 Å². The summed E-state index contributed by atoms with van der Waals surface area (Å²) < 4.78 is 5.73. The number of hydrogen-bond acceptors (Lipinski definition) is 2. The molecule has 2 heteroatoms. The van der Waals surface area contributed by atoms with Crippen molar-refractivity contribution >= 4 is 0 Å². The minimum absolute atomic E-state index is 0.129. The summed E-state index contributed by atoms with van der Waals surface area (Å²) in [5.74, 6) is 6.31. The highest BCUT2D eigenvalue weighted by molar-refractivity contribution is 5.45. The molecule has 17 heavy (non-hydrogen) atoms. The molecule has 0 aliphatic carbocycles. The van der Waals surface area contributed by atoms with Crippen LogP contribution in [-0.2, 0) is 0 Å². The fraction of sp³-hybridized carbons (Fsp3) is 0.467. The van der Waals surface area contributed by atoms with Crippen molar-refractivity contribution in [2.45, 2.75) is 27.2 Å². The molecule has 1 aromatic rings. The Balaban J connectivity index is 2.64. The zero-order valence-electron chi connectivity index (χ0n) is 10.8. The van der Waals surface area contributed by atoms with E-state index in [4.69, 9.17) is 9.84 Å². The second-order valence-corrected chi connectivity index (χ2v) is 5.12. The van der Waals surface area contributed by atoms with Crippen molar-refractivity contribution in [1.29, 1.82) is 0 Å². The van der Waals surface area contributed by atoms with Crippen molar-refractivity contribution in [3.8, 4) is 17.6 Å². The molecule has 0 bridgehead atoms. The summed E-state index contributed by atoms with van der Waals surface area (Å²) in [5, 5.41) is 8.69. The second-order valence-electron chi connectivity index (χ2n) is 5.12. The van der Waals surface area contributed by atoms with E-state index in [1.165, 1.54) is 0 Å². The van der Waals surface area contributed by atoms with E-state index in [1.54, 1.807) is 0 Å². The fourth-order valence-corrected chi connectivity index (χ4v) is 1.30. The van der Waals surface area contributed by atoms with E-state index >= 15 is 0 Å². The maximum Gasteiger partial charge on any atom is 0.134 e. The van der Waals surface area contributed by atoms with Crippen LogP contribution in [-0.4, -0.2) is 18.3 Å². The van der Waals surface area contributed by atoms with Crippen LogP contribution in [0.5, 0.6) is 5.75 Å². The quantitative estimate of drug-likeness (QED) is 0.812. The molecule has 0 aliphatic heterocycles. The zero-order chi connectivity index (χ0) is 12.7. The number of aliphatic hydroxyl groups excluding tert-OH is 1. The smallest absolute Gasteiger partial charge is 0.134 e. The molecule has 0 unspecified atom stereocenters. The molecule has 0 radical (unpaired) electrons. The summed E-state index contributed by atoms with van der Waals surface area (Å²) >= 11 is 0. The molecule has 0 saturated carbocycles. The van der Waals surface area contributed by atoms with Gasteiger partial charge in [-0.05, 0) is 24.0 Å². The summed E-state index contributed by atoms with van der Waals surface area (Å²) in [6, 6.07) is 7.65. The van der Waals surface area contributed by atoms with Crippen LogP contribution < -0.4 is 4.74 Å². The van der Waals surface area contributed by atoms with Gasteiger partial charge >= 0.3 is 0 Å². The number of hydrogen-bond donors (Lipinski definition) is 1. The van der Waals surface area contributed by atoms with E-state index in [2.05, 4.69) is 32.6 Å². The van der Waals surface area contributed by atoms with Crippen molar-refractivity contribution in [3.05, 3.63) is 29.8 Å². The average molecular weight is 232 g/mol. The molecule has 1 rings (SSSR count). The molecule has 1 aromatic carbocycles. The van der Waals surface area contributed by atoms with Crippen LogP contribution in [0, 0.1) is 17.3 Å². The van der Waals surface area contributed by atoms with Gasteiger partial charge in [-0.1, -0.05) is 44.7 Å². The number of aliphatic hydroxyl groups is 1. The zero-order valence-corrected chi connectivity index (χ0v) is 10.8. The summed E-state index contributed by atoms with van der Waals surface area (Å²) in [4.78, 5) is 0. The third-order valence-corrected chi connectivity index (χ3v) is 2.30. The Kier molecular flexibility index (Phi) is 5.06. The Hall–Kier alpha value is -1.46. The van der Waals surface area contributed by atoms with Gasteiger partial charge < -0.3 is 9.84 Å². The third-order valence-electron chi connectivity index (χ3n) is 2.30. The molecule has 0 fully saturated rings. The van der Waals surface area contributed by atoms with Gasteiger partial charge in [-0.2, -0.15) is 0 Å². The van der Waals surface area contributed by atoms with Gasteiger partial charge in [0.2, 0.25) is 0 Å². The first kappa shape index (κ1) is 13.6. The highest BCUT2D eigenvalue weighted by Gasteiger charge is 2.10. The number of benzene rings is 1. The lowest BCUT2D eigenvalue weighted by Crippen LogP contribution is -2.11. The van der Waals surface area contributed by atoms with Crippen molar-refractivity contribution in [1.82, 2.24) is 0 Å². The molecule has 0 amide bonds. The maximum absolute atomic E-state index is 8.69. The van der Waals surface area contributed by atoms with Gasteiger partial charge in [-0.15, -0.1) is 0 Å². The fourth-order valence-electron chi connectivity index (χ4n) is 1.30. The van der Waals surface area contributed by atoms with Crippen molar-refractivity contribution in [3.63, 3.8) is 0 Å². The monoisotopic (exact) mass is 232 g/mol. The van der Waals surface area contributed by atoms with E-state index in [0.29, 0.717) is 6.61 Å². The van der Waals surface area contributed by atoms with Gasteiger partial charge in [0.1, 0.15) is 12.4 Å². The predicted molar refractivity (Wildman–Crippen MR) is 70.0 cm³/mol. The highest BCUT2D eigenvalue weighted by atomic mass is 16.5. The summed E-state index contributed by atoms with van der Waals surface area (Å²) in [6.07, 6.45) is 0.995. The van der Waals surface area contributed by atoms with Gasteiger partial charge in [-0.3, -0.25) is 0 Å². The molecule has 2 nitrogen and oxygen atoms in total. The van der Waals surface area contributed by atoms with Crippen LogP contribution in [0.2, 0.25) is 0 Å². The van der Waals surface area contributed by atoms with E-state index in [0.717, 1.165) is 17.7 Å². The van der Waals surface area contributed by atoms with Gasteiger partial charge in [0.25, 0.3) is 0 Å². The first-order valence-corrected chi connectivity index (χ1v) is 5.84. The number of para-hydroxylation sites is 1. The molecule has 0 aromatic heterocycles. The topological polar surface area (TPSA) is 29.5 Å².